The van der Waals surface area contributed by atoms with Crippen molar-refractivity contribution in [2.45, 2.75) is 52.4 Å². The zero-order chi connectivity index (χ0) is 15.4. The van der Waals surface area contributed by atoms with Crippen LogP contribution >= 0.6 is 11.3 Å². The summed E-state index contributed by atoms with van der Waals surface area (Å²) in [6.07, 6.45) is 9.71. The molecule has 1 aromatic heterocycles. The van der Waals surface area contributed by atoms with Gasteiger partial charge in [-0.25, -0.2) is 4.98 Å². The maximum atomic E-state index is 4.84. The Balaban J connectivity index is 1.46. The number of nitrogens with one attached hydrogen (secondary N) is 2. The molecule has 0 spiro atoms. The third-order valence-electron chi connectivity index (χ3n) is 4.81. The second kappa shape index (κ2) is 6.99. The van der Waals surface area contributed by atoms with Crippen LogP contribution in [0.2, 0.25) is 0 Å². The highest BCUT2D eigenvalue weighted by Crippen LogP contribution is 2.61. The summed E-state index contributed by atoms with van der Waals surface area (Å²) in [6.45, 7) is 7.13. The molecule has 0 aliphatic heterocycles. The van der Waals surface area contributed by atoms with Crippen LogP contribution in [-0.2, 0) is 12.8 Å². The van der Waals surface area contributed by atoms with Gasteiger partial charge < -0.3 is 10.6 Å². The van der Waals surface area contributed by atoms with Crippen molar-refractivity contribution in [2.24, 2.45) is 16.3 Å². The largest absolute Gasteiger partial charge is 0.357 e. The lowest BCUT2D eigenvalue weighted by molar-refractivity contribution is 0.452. The second-order valence-corrected chi connectivity index (χ2v) is 7.78. The van der Waals surface area contributed by atoms with Gasteiger partial charge >= 0.3 is 0 Å². The van der Waals surface area contributed by atoms with Crippen molar-refractivity contribution in [3.05, 3.63) is 16.1 Å². The Bertz CT molecular complexity index is 514. The van der Waals surface area contributed by atoms with E-state index in [1.807, 2.05) is 17.5 Å². The molecule has 0 unspecified atom stereocenters. The molecule has 2 saturated carbocycles. The van der Waals surface area contributed by atoms with Crippen LogP contribution in [0.1, 0.15) is 49.4 Å². The summed E-state index contributed by atoms with van der Waals surface area (Å²) >= 11 is 1.83. The summed E-state index contributed by atoms with van der Waals surface area (Å²) in [5.41, 5.74) is 0.577. The van der Waals surface area contributed by atoms with Crippen LogP contribution in [0.15, 0.2) is 11.2 Å². The number of nitrogens with zero attached hydrogens (tertiary/aromatic N) is 2. The molecule has 0 amide bonds. The van der Waals surface area contributed by atoms with E-state index >= 15 is 0 Å². The molecule has 5 heteroatoms. The maximum absolute atomic E-state index is 4.84. The summed E-state index contributed by atoms with van der Waals surface area (Å²) < 4.78 is 0. The summed E-state index contributed by atoms with van der Waals surface area (Å²) in [5.74, 6) is 1.95. The standard InChI is InChI=1S/C17H28N4S/c1-3-14-11-20-15(22-14)7-10-19-16(18-4-2)21-12-17(8-9-17)13-5-6-13/h11,13H,3-10,12H2,1-2H3,(H2,18,19,21). The molecule has 3 rings (SSSR count). The van der Waals surface area contributed by atoms with Crippen molar-refractivity contribution in [3.63, 3.8) is 0 Å². The van der Waals surface area contributed by atoms with E-state index in [0.717, 1.165) is 44.4 Å². The van der Waals surface area contributed by atoms with Crippen LogP contribution in [0.3, 0.4) is 0 Å². The van der Waals surface area contributed by atoms with Crippen LogP contribution in [0.25, 0.3) is 0 Å². The fraction of sp³-hybridized carbons (Fsp3) is 0.765. The fourth-order valence-corrected chi connectivity index (χ4v) is 3.91. The maximum Gasteiger partial charge on any atom is 0.191 e. The van der Waals surface area contributed by atoms with Gasteiger partial charge in [0, 0.05) is 37.1 Å². The Hall–Kier alpha value is -1.10. The average Bonchev–Trinajstić information content (AvgIpc) is 3.43. The van der Waals surface area contributed by atoms with Gasteiger partial charge in [-0.1, -0.05) is 6.92 Å². The summed E-state index contributed by atoms with van der Waals surface area (Å²) in [7, 11) is 0. The number of aromatic nitrogens is 1. The van der Waals surface area contributed by atoms with Gasteiger partial charge in [0.2, 0.25) is 0 Å². The lowest BCUT2D eigenvalue weighted by Crippen LogP contribution is -2.38. The Morgan fingerprint density at radius 2 is 2.18 bits per heavy atom. The molecule has 4 nitrogen and oxygen atoms in total. The number of hydrogen-bond acceptors (Lipinski definition) is 3. The molecule has 0 radical (unpaired) electrons. The van der Waals surface area contributed by atoms with E-state index in [1.165, 1.54) is 35.6 Å². The van der Waals surface area contributed by atoms with Crippen molar-refractivity contribution < 1.29 is 0 Å². The van der Waals surface area contributed by atoms with Gasteiger partial charge in [-0.15, -0.1) is 11.3 Å². The van der Waals surface area contributed by atoms with E-state index in [4.69, 9.17) is 4.99 Å². The fourth-order valence-electron chi connectivity index (χ4n) is 3.04. The topological polar surface area (TPSA) is 49.3 Å². The van der Waals surface area contributed by atoms with E-state index in [-0.39, 0.29) is 0 Å². The van der Waals surface area contributed by atoms with Crippen LogP contribution in [0, 0.1) is 11.3 Å². The molecule has 1 aromatic rings. The first-order valence-corrected chi connectivity index (χ1v) is 9.53. The van der Waals surface area contributed by atoms with E-state index in [2.05, 4.69) is 29.5 Å². The molecule has 0 atom stereocenters. The van der Waals surface area contributed by atoms with Gasteiger partial charge in [-0.05, 0) is 50.4 Å². The molecule has 22 heavy (non-hydrogen) atoms. The van der Waals surface area contributed by atoms with Crippen molar-refractivity contribution in [1.29, 1.82) is 0 Å². The number of thiazole rings is 1. The number of rotatable bonds is 8. The molecule has 2 aliphatic carbocycles. The third-order valence-corrected chi connectivity index (χ3v) is 6.01. The Kier molecular flexibility index (Phi) is 5.01. The van der Waals surface area contributed by atoms with Crippen LogP contribution in [0.5, 0.6) is 0 Å². The monoisotopic (exact) mass is 320 g/mol. The normalized spacial score (nSPS) is 20.0. The molecule has 2 N–H and O–H groups in total. The van der Waals surface area contributed by atoms with Crippen molar-refractivity contribution in [3.8, 4) is 0 Å². The molecular formula is C17H28N4S. The van der Waals surface area contributed by atoms with Gasteiger partial charge in [-0.3, -0.25) is 4.99 Å². The lowest BCUT2D eigenvalue weighted by atomic mass is 10.0. The second-order valence-electron chi connectivity index (χ2n) is 6.58. The number of hydrogen-bond donors (Lipinski definition) is 2. The SMILES string of the molecule is CCNC(=NCC1(C2CC2)CC1)NCCc1ncc(CC)s1. The zero-order valence-corrected chi connectivity index (χ0v) is 14.6. The Labute approximate surface area is 137 Å². The molecular weight excluding hydrogens is 292 g/mol. The van der Waals surface area contributed by atoms with Crippen LogP contribution < -0.4 is 10.6 Å². The molecule has 1 heterocycles. The van der Waals surface area contributed by atoms with E-state index in [0.29, 0.717) is 5.41 Å². The zero-order valence-electron chi connectivity index (χ0n) is 13.8. The predicted molar refractivity (Wildman–Crippen MR) is 93.6 cm³/mol. The number of guanidine groups is 1. The smallest absolute Gasteiger partial charge is 0.191 e. The molecule has 0 saturated heterocycles. The van der Waals surface area contributed by atoms with Crippen LogP contribution in [0.4, 0.5) is 0 Å². The summed E-state index contributed by atoms with van der Waals surface area (Å²) in [5, 5.41) is 8.05. The van der Waals surface area contributed by atoms with Crippen molar-refractivity contribution >= 4 is 17.3 Å². The van der Waals surface area contributed by atoms with Gasteiger partial charge in [0.25, 0.3) is 0 Å². The quantitative estimate of drug-likeness (QED) is 0.572. The Morgan fingerprint density at radius 1 is 1.36 bits per heavy atom. The highest BCUT2D eigenvalue weighted by atomic mass is 32.1. The van der Waals surface area contributed by atoms with Gasteiger partial charge in [0.15, 0.2) is 5.96 Å². The average molecular weight is 321 g/mol. The first-order valence-electron chi connectivity index (χ1n) is 8.71. The van der Waals surface area contributed by atoms with E-state index < -0.39 is 0 Å². The first kappa shape index (κ1) is 15.8. The minimum absolute atomic E-state index is 0.577. The number of aryl methyl sites for hydroxylation is 1. The molecule has 0 aromatic carbocycles. The summed E-state index contributed by atoms with van der Waals surface area (Å²) in [4.78, 5) is 10.7. The van der Waals surface area contributed by atoms with Gasteiger partial charge in [0.05, 0.1) is 5.01 Å². The minimum Gasteiger partial charge on any atom is -0.357 e. The van der Waals surface area contributed by atoms with Gasteiger partial charge in [-0.2, -0.15) is 0 Å². The van der Waals surface area contributed by atoms with Crippen LogP contribution in [-0.4, -0.2) is 30.6 Å². The first-order chi connectivity index (χ1) is 10.8. The van der Waals surface area contributed by atoms with Crippen molar-refractivity contribution in [1.82, 2.24) is 15.6 Å². The van der Waals surface area contributed by atoms with Crippen molar-refractivity contribution in [2.75, 3.05) is 19.6 Å². The molecule has 122 valence electrons. The molecule has 2 fully saturated rings. The molecule has 2 aliphatic rings. The summed E-state index contributed by atoms with van der Waals surface area (Å²) in [6, 6.07) is 0. The van der Waals surface area contributed by atoms with E-state index in [1.54, 1.807) is 0 Å². The van der Waals surface area contributed by atoms with E-state index in [9.17, 15) is 0 Å². The number of aliphatic imine (C=N–C) groups is 1. The third kappa shape index (κ3) is 4.00. The Morgan fingerprint density at radius 3 is 2.77 bits per heavy atom. The highest BCUT2D eigenvalue weighted by Gasteiger charge is 2.53. The lowest BCUT2D eigenvalue weighted by Gasteiger charge is -2.14. The predicted octanol–water partition coefficient (Wildman–Crippen LogP) is 2.99. The highest BCUT2D eigenvalue weighted by molar-refractivity contribution is 7.11. The molecule has 0 bridgehead atoms. The van der Waals surface area contributed by atoms with Gasteiger partial charge in [0.1, 0.15) is 0 Å². The minimum atomic E-state index is 0.577.